The maximum absolute atomic E-state index is 6.82. The van der Waals surface area contributed by atoms with Crippen molar-refractivity contribution in [2.45, 2.75) is 119 Å². The average molecular weight is 624 g/mol. The second kappa shape index (κ2) is 16.2. The SMILES string of the molecule is CCO[Si](CCCOc1c(C)n(-c2c(C(C)C)cccc2C(C)C)c[n+]1-c1c(C(C)C)cccc1C(C)C)(OCC)OCC. The van der Waals surface area contributed by atoms with E-state index in [0.717, 1.165) is 24.0 Å². The molecule has 0 bridgehead atoms. The van der Waals surface area contributed by atoms with Gasteiger partial charge in [0.2, 0.25) is 0 Å². The van der Waals surface area contributed by atoms with Crippen LogP contribution in [-0.4, -0.2) is 39.8 Å². The predicted molar refractivity (Wildman–Crippen MR) is 184 cm³/mol. The van der Waals surface area contributed by atoms with E-state index in [1.807, 2.05) is 20.8 Å². The van der Waals surface area contributed by atoms with Gasteiger partial charge in [-0.15, -0.1) is 0 Å². The highest BCUT2D eigenvalue weighted by Gasteiger charge is 2.40. The van der Waals surface area contributed by atoms with Crippen molar-refractivity contribution >= 4 is 8.80 Å². The van der Waals surface area contributed by atoms with Crippen molar-refractivity contribution in [1.82, 2.24) is 4.57 Å². The number of para-hydroxylation sites is 2. The molecule has 0 unspecified atom stereocenters. The number of rotatable bonds is 17. The zero-order valence-electron chi connectivity index (χ0n) is 29.6. The van der Waals surface area contributed by atoms with Crippen molar-refractivity contribution in [3.05, 3.63) is 70.7 Å². The Hall–Kier alpha value is -2.45. The first-order chi connectivity index (χ1) is 20.9. The summed E-state index contributed by atoms with van der Waals surface area (Å²) in [5.74, 6) is 2.36. The van der Waals surface area contributed by atoms with E-state index in [-0.39, 0.29) is 0 Å². The Kier molecular flexibility index (Phi) is 13.3. The number of imidazole rings is 1. The van der Waals surface area contributed by atoms with Crippen molar-refractivity contribution in [2.75, 3.05) is 26.4 Å². The zero-order valence-corrected chi connectivity index (χ0v) is 30.6. The molecule has 0 aliphatic heterocycles. The van der Waals surface area contributed by atoms with Gasteiger partial charge in [-0.25, -0.2) is 0 Å². The van der Waals surface area contributed by atoms with Gasteiger partial charge in [-0.3, -0.25) is 0 Å². The van der Waals surface area contributed by atoms with E-state index in [4.69, 9.17) is 18.0 Å². The normalized spacial score (nSPS) is 12.4. The summed E-state index contributed by atoms with van der Waals surface area (Å²) in [5, 5.41) is 0. The Labute approximate surface area is 269 Å². The molecule has 1 heterocycles. The quantitative estimate of drug-likeness (QED) is 0.0854. The van der Waals surface area contributed by atoms with Gasteiger partial charge in [0.15, 0.2) is 5.69 Å². The van der Waals surface area contributed by atoms with Gasteiger partial charge < -0.3 is 18.0 Å². The molecule has 0 amide bonds. The minimum Gasteiger partial charge on any atom is -0.459 e. The highest BCUT2D eigenvalue weighted by atomic mass is 28.4. The lowest BCUT2D eigenvalue weighted by Crippen LogP contribution is -2.46. The molecule has 3 aromatic rings. The third kappa shape index (κ3) is 8.03. The van der Waals surface area contributed by atoms with Gasteiger partial charge in [-0.2, -0.15) is 9.13 Å². The van der Waals surface area contributed by atoms with Gasteiger partial charge >= 0.3 is 14.7 Å². The molecule has 7 heteroatoms. The summed E-state index contributed by atoms with van der Waals surface area (Å²) in [6.07, 6.45) is 3.05. The van der Waals surface area contributed by atoms with E-state index in [2.05, 4.69) is 114 Å². The van der Waals surface area contributed by atoms with Crippen LogP contribution in [0.4, 0.5) is 0 Å². The van der Waals surface area contributed by atoms with Crippen LogP contribution in [0.1, 0.15) is 134 Å². The number of nitrogens with zero attached hydrogens (tertiary/aromatic N) is 2. The Balaban J connectivity index is 2.21. The van der Waals surface area contributed by atoms with E-state index >= 15 is 0 Å². The van der Waals surface area contributed by atoms with Crippen LogP contribution in [0.25, 0.3) is 11.4 Å². The minimum absolute atomic E-state index is 0.358. The van der Waals surface area contributed by atoms with Crippen LogP contribution in [-0.2, 0) is 13.3 Å². The topological polar surface area (TPSA) is 45.7 Å². The van der Waals surface area contributed by atoms with Gasteiger partial charge in [0.05, 0.1) is 6.61 Å². The summed E-state index contributed by atoms with van der Waals surface area (Å²) >= 11 is 0. The van der Waals surface area contributed by atoms with Gasteiger partial charge in [0, 0.05) is 55.0 Å². The molecule has 3 rings (SSSR count). The maximum atomic E-state index is 6.82. The second-order valence-corrected chi connectivity index (χ2v) is 15.6. The first kappa shape index (κ1) is 36.0. The highest BCUT2D eigenvalue weighted by molar-refractivity contribution is 6.60. The number of aromatic nitrogens is 2. The largest absolute Gasteiger partial charge is 0.501 e. The molecule has 0 fully saturated rings. The molecule has 0 N–H and O–H groups in total. The van der Waals surface area contributed by atoms with Crippen LogP contribution in [0.5, 0.6) is 5.88 Å². The monoisotopic (exact) mass is 623 g/mol. The van der Waals surface area contributed by atoms with Gasteiger partial charge in [0.25, 0.3) is 6.33 Å². The lowest BCUT2D eigenvalue weighted by atomic mass is 9.92. The molecule has 0 aliphatic rings. The second-order valence-electron chi connectivity index (χ2n) is 12.9. The fourth-order valence-electron chi connectivity index (χ4n) is 6.13. The number of hydrogen-bond acceptors (Lipinski definition) is 4. The molecular formula is C37H59N2O4Si+. The van der Waals surface area contributed by atoms with Gasteiger partial charge in [-0.1, -0.05) is 91.8 Å². The first-order valence-electron chi connectivity index (χ1n) is 16.9. The van der Waals surface area contributed by atoms with Crippen LogP contribution in [0, 0.1) is 6.92 Å². The molecular weight excluding hydrogens is 565 g/mol. The van der Waals surface area contributed by atoms with E-state index in [1.165, 1.54) is 33.6 Å². The smallest absolute Gasteiger partial charge is 0.459 e. The summed E-state index contributed by atoms with van der Waals surface area (Å²) in [6, 6.07) is 14.2. The molecule has 0 aliphatic carbocycles. The van der Waals surface area contributed by atoms with E-state index in [1.54, 1.807) is 0 Å². The summed E-state index contributed by atoms with van der Waals surface area (Å²) in [4.78, 5) is 0. The maximum Gasteiger partial charge on any atom is 0.501 e. The lowest BCUT2D eigenvalue weighted by molar-refractivity contribution is -0.603. The van der Waals surface area contributed by atoms with Crippen LogP contribution in [0.15, 0.2) is 42.7 Å². The molecule has 0 saturated heterocycles. The van der Waals surface area contributed by atoms with E-state index in [0.29, 0.717) is 50.1 Å². The molecule has 0 spiro atoms. The average Bonchev–Trinajstić information content (AvgIpc) is 3.29. The third-order valence-corrected chi connectivity index (χ3v) is 11.4. The molecule has 1 aromatic heterocycles. The summed E-state index contributed by atoms with van der Waals surface area (Å²) in [6.45, 7) is 28.7. The molecule has 244 valence electrons. The fourth-order valence-corrected chi connectivity index (χ4v) is 8.71. The number of benzene rings is 2. The van der Waals surface area contributed by atoms with Crippen LogP contribution < -0.4 is 9.30 Å². The fraction of sp³-hybridized carbons (Fsp3) is 0.595. The van der Waals surface area contributed by atoms with Crippen molar-refractivity contribution in [2.24, 2.45) is 0 Å². The molecule has 0 atom stereocenters. The third-order valence-electron chi connectivity index (χ3n) is 8.25. The van der Waals surface area contributed by atoms with Crippen molar-refractivity contribution in [3.63, 3.8) is 0 Å². The Bertz CT molecular complexity index is 1280. The summed E-state index contributed by atoms with van der Waals surface area (Å²) in [7, 11) is -2.75. The Morgan fingerprint density at radius 3 is 1.52 bits per heavy atom. The van der Waals surface area contributed by atoms with Crippen molar-refractivity contribution in [3.8, 4) is 17.3 Å². The Morgan fingerprint density at radius 2 is 1.11 bits per heavy atom. The van der Waals surface area contributed by atoms with Crippen molar-refractivity contribution < 1.29 is 22.6 Å². The van der Waals surface area contributed by atoms with E-state index < -0.39 is 8.80 Å². The molecule has 0 radical (unpaired) electrons. The van der Waals surface area contributed by atoms with Crippen LogP contribution in [0.2, 0.25) is 6.04 Å². The number of ether oxygens (including phenoxy) is 1. The lowest BCUT2D eigenvalue weighted by Gasteiger charge is -2.28. The van der Waals surface area contributed by atoms with Crippen LogP contribution >= 0.6 is 0 Å². The summed E-state index contributed by atoms with van der Waals surface area (Å²) < 4.78 is 29.9. The van der Waals surface area contributed by atoms with Crippen molar-refractivity contribution in [1.29, 1.82) is 0 Å². The predicted octanol–water partition coefficient (Wildman–Crippen LogP) is 9.37. The summed E-state index contributed by atoms with van der Waals surface area (Å²) in [5.41, 5.74) is 8.91. The molecule has 2 aromatic carbocycles. The van der Waals surface area contributed by atoms with Crippen LogP contribution in [0.3, 0.4) is 0 Å². The molecule has 6 nitrogen and oxygen atoms in total. The highest BCUT2D eigenvalue weighted by Crippen LogP contribution is 2.35. The van der Waals surface area contributed by atoms with E-state index in [9.17, 15) is 0 Å². The standard InChI is InChI=1S/C37H59N2O4Si/c1-13-41-44(42-14-2,43-15-3)24-18-23-40-37-30(12)38(35-31(26(4)5)19-16-20-32(35)27(6)7)25-39(37)36-33(28(8)9)21-17-22-34(36)29(10)11/h16-17,19-22,25-29H,13-15,18,23-24H2,1-12H3/q+1. The molecule has 44 heavy (non-hydrogen) atoms. The molecule has 0 saturated carbocycles. The van der Waals surface area contributed by atoms with Gasteiger partial charge in [-0.05, 0) is 50.9 Å². The zero-order chi connectivity index (χ0) is 32.6. The number of hydrogen-bond donors (Lipinski definition) is 0. The Morgan fingerprint density at radius 1 is 0.682 bits per heavy atom. The van der Waals surface area contributed by atoms with Gasteiger partial charge in [0.1, 0.15) is 11.4 Å². The first-order valence-corrected chi connectivity index (χ1v) is 18.8. The minimum atomic E-state index is -2.75.